The SMILES string of the molecule is CC[C@H](C)[C@@H]([C@@H](CC(=O)N1CCC[C@H]1[C@H](OC)[C@@H](C)C(=O)N[C@@H](Cc1ccccc1)C(=O)Cc1ccc(NC(=O)[C@H](CCCNC(N)=O)CC(=O)[C@@H](NC(=O)CCCCCN2C(=O)C=CC2=O)C(C)C)cc1)OC)N(C)C(=O)[C@@H](CC(=O)[C@H](C(C)C)N(C)C)C(C)C. The number of amides is 9. The number of benzene rings is 2. The Morgan fingerprint density at radius 2 is 1.36 bits per heavy atom. The lowest BCUT2D eigenvalue weighted by atomic mass is 9.83. The van der Waals surface area contributed by atoms with E-state index in [1.54, 1.807) is 69.0 Å². The van der Waals surface area contributed by atoms with E-state index < -0.39 is 72.0 Å². The number of nitrogens with two attached hydrogens (primary N) is 1. The third kappa shape index (κ3) is 23.1. The van der Waals surface area contributed by atoms with Crippen LogP contribution in [0, 0.1) is 41.4 Å². The number of ketones is 3. The molecule has 1 saturated heterocycles. The van der Waals surface area contributed by atoms with Crippen LogP contribution in [-0.4, -0.2) is 182 Å². The number of nitrogens with zero attached hydrogens (tertiary/aromatic N) is 4. The second-order valence-corrected chi connectivity index (χ2v) is 26.4. The fourth-order valence-corrected chi connectivity index (χ4v) is 12.9. The number of methoxy groups -OCH3 is 2. The van der Waals surface area contributed by atoms with Crippen molar-refractivity contribution in [3.63, 3.8) is 0 Å². The number of nitrogens with one attached hydrogen (secondary N) is 4. The van der Waals surface area contributed by atoms with Crippen LogP contribution in [-0.2, 0) is 70.3 Å². The fraction of sp³-hybridized carbons (Fsp3) is 0.643. The average molecular weight is 1280 g/mol. The van der Waals surface area contributed by atoms with Gasteiger partial charge < -0.3 is 46.3 Å². The minimum atomic E-state index is -0.964. The number of unbranched alkanes of at least 4 members (excludes halogenated alkanes) is 2. The van der Waals surface area contributed by atoms with E-state index in [0.29, 0.717) is 62.7 Å². The van der Waals surface area contributed by atoms with Gasteiger partial charge >= 0.3 is 6.03 Å². The summed E-state index contributed by atoms with van der Waals surface area (Å²) in [5.41, 5.74) is 7.10. The summed E-state index contributed by atoms with van der Waals surface area (Å²) in [5.74, 6) is -5.66. The Morgan fingerprint density at radius 1 is 0.707 bits per heavy atom. The highest BCUT2D eigenvalue weighted by molar-refractivity contribution is 6.12. The molecule has 2 aliphatic rings. The summed E-state index contributed by atoms with van der Waals surface area (Å²) >= 11 is 0. The standard InChI is InChI=1S/C70H107N9O13/c1-15-46(8)65(77(12)69(89)52(43(2)3)41-57(82)64(45(6)7)76(10)11)58(91-13)42-62(86)78-37-23-27-54(78)66(92-14)47(9)67(87)74-53(38-48-24-18-16-19-25-48)55(80)39-49-29-31-51(32-30-49)73-68(88)50(26-22-35-72-70(71)90)40-56(81)63(44(4)5)75-59(83)28-20-17-21-36-79-60(84)33-34-61(79)85/h16,18-19,24-25,29-34,43-47,50,52-54,58,63-66H,15,17,20-23,26-28,35-42H2,1-14H3,(H,73,88)(H,74,87)(H,75,83)(H3,71,72,90)/t46-,47+,50+,52-,53-,54-,58+,63-,64-,65-,66+/m0/s1. The van der Waals surface area contributed by atoms with Crippen LogP contribution in [0.3, 0.4) is 0 Å². The molecule has 22 heteroatoms. The minimum Gasteiger partial charge on any atom is -0.379 e. The van der Waals surface area contributed by atoms with Gasteiger partial charge in [-0.1, -0.05) is 118 Å². The smallest absolute Gasteiger partial charge is 0.312 e. The molecule has 0 saturated carbocycles. The molecular weight excluding hydrogens is 1170 g/mol. The van der Waals surface area contributed by atoms with Gasteiger partial charge in [0, 0.05) is 96.3 Å². The normalized spacial score (nSPS) is 17.4. The van der Waals surface area contributed by atoms with Crippen molar-refractivity contribution in [2.24, 2.45) is 47.2 Å². The van der Waals surface area contributed by atoms with Gasteiger partial charge in [-0.15, -0.1) is 0 Å². The predicted molar refractivity (Wildman–Crippen MR) is 353 cm³/mol. The fourth-order valence-electron chi connectivity index (χ4n) is 12.9. The number of rotatable bonds is 41. The van der Waals surface area contributed by atoms with Gasteiger partial charge in [0.05, 0.1) is 54.8 Å². The van der Waals surface area contributed by atoms with Crippen LogP contribution in [0.25, 0.3) is 0 Å². The molecule has 0 bridgehead atoms. The van der Waals surface area contributed by atoms with E-state index in [1.807, 2.05) is 90.9 Å². The molecular formula is C70H107N9O13. The van der Waals surface area contributed by atoms with Crippen molar-refractivity contribution >= 4 is 70.4 Å². The maximum absolute atomic E-state index is 14.7. The van der Waals surface area contributed by atoms with Crippen molar-refractivity contribution in [1.29, 1.82) is 0 Å². The number of primary amides is 1. The van der Waals surface area contributed by atoms with Crippen molar-refractivity contribution in [3.8, 4) is 0 Å². The Hall–Kier alpha value is -7.17. The van der Waals surface area contributed by atoms with E-state index in [9.17, 15) is 52.7 Å². The summed E-state index contributed by atoms with van der Waals surface area (Å²) in [5, 5.41) is 11.3. The largest absolute Gasteiger partial charge is 0.379 e. The summed E-state index contributed by atoms with van der Waals surface area (Å²) in [6.45, 7) is 18.1. The third-order valence-corrected chi connectivity index (χ3v) is 18.3. The van der Waals surface area contributed by atoms with Gasteiger partial charge in [0.1, 0.15) is 0 Å². The molecule has 4 rings (SSSR count). The second kappa shape index (κ2) is 38.1. The second-order valence-electron chi connectivity index (χ2n) is 26.4. The number of hydrogen-bond donors (Lipinski definition) is 5. The first-order valence-electron chi connectivity index (χ1n) is 33.0. The van der Waals surface area contributed by atoms with Crippen LogP contribution in [0.2, 0.25) is 0 Å². The Labute approximate surface area is 546 Å². The molecule has 2 aromatic carbocycles. The lowest BCUT2D eigenvalue weighted by Gasteiger charge is -2.41. The number of anilines is 1. The van der Waals surface area contributed by atoms with Gasteiger partial charge in [-0.05, 0) is 106 Å². The Balaban J connectivity index is 1.45. The van der Waals surface area contributed by atoms with Gasteiger partial charge in [-0.25, -0.2) is 4.79 Å². The molecule has 0 aromatic heterocycles. The van der Waals surface area contributed by atoms with E-state index in [4.69, 9.17) is 15.2 Å². The maximum atomic E-state index is 14.7. The molecule has 0 radical (unpaired) electrons. The number of ether oxygens (including phenoxy) is 2. The predicted octanol–water partition coefficient (Wildman–Crippen LogP) is 6.85. The number of likely N-dealkylation sites (N-methyl/N-ethyl adjacent to an activating group) is 2. The van der Waals surface area contributed by atoms with Crippen molar-refractivity contribution < 1.29 is 62.2 Å². The van der Waals surface area contributed by atoms with Gasteiger partial charge in [0.15, 0.2) is 17.3 Å². The highest BCUT2D eigenvalue weighted by Gasteiger charge is 2.44. The molecule has 92 heavy (non-hydrogen) atoms. The topological polar surface area (TPSA) is 293 Å². The first-order valence-corrected chi connectivity index (χ1v) is 33.0. The van der Waals surface area contributed by atoms with Crippen LogP contribution in [0.15, 0.2) is 66.7 Å². The molecule has 510 valence electrons. The summed E-state index contributed by atoms with van der Waals surface area (Å²) in [6.07, 6.45) is 5.10. The summed E-state index contributed by atoms with van der Waals surface area (Å²) in [7, 11) is 8.55. The molecule has 0 spiro atoms. The van der Waals surface area contributed by atoms with E-state index in [2.05, 4.69) is 21.3 Å². The van der Waals surface area contributed by atoms with Crippen molar-refractivity contribution in [1.82, 2.24) is 35.6 Å². The molecule has 9 amide bonds. The van der Waals surface area contributed by atoms with Gasteiger partial charge in [-0.3, -0.25) is 57.7 Å². The Morgan fingerprint density at radius 3 is 1.92 bits per heavy atom. The van der Waals surface area contributed by atoms with Crippen LogP contribution >= 0.6 is 0 Å². The molecule has 22 nitrogen and oxygen atoms in total. The zero-order valence-corrected chi connectivity index (χ0v) is 57.1. The highest BCUT2D eigenvalue weighted by atomic mass is 16.5. The van der Waals surface area contributed by atoms with Gasteiger partial charge in [-0.2, -0.15) is 0 Å². The molecule has 11 atom stereocenters. The number of likely N-dealkylation sites (tertiary alicyclic amines) is 1. The minimum absolute atomic E-state index is 0.00895. The van der Waals surface area contributed by atoms with Crippen molar-refractivity contribution in [2.45, 2.75) is 195 Å². The molecule has 0 aliphatic carbocycles. The van der Waals surface area contributed by atoms with Crippen LogP contribution in [0.1, 0.15) is 150 Å². The highest BCUT2D eigenvalue weighted by Crippen LogP contribution is 2.32. The lowest BCUT2D eigenvalue weighted by Crippen LogP contribution is -2.55. The molecule has 2 heterocycles. The van der Waals surface area contributed by atoms with Gasteiger partial charge in [0.25, 0.3) is 11.8 Å². The first kappa shape index (κ1) is 77.3. The number of hydrogen-bond acceptors (Lipinski definition) is 14. The van der Waals surface area contributed by atoms with Crippen LogP contribution < -0.4 is 27.0 Å². The lowest BCUT2D eigenvalue weighted by molar-refractivity contribution is -0.149. The third-order valence-electron chi connectivity index (χ3n) is 18.3. The van der Waals surface area contributed by atoms with E-state index in [1.165, 1.54) is 19.3 Å². The molecule has 2 aromatic rings. The molecule has 0 unspecified atom stereocenters. The van der Waals surface area contributed by atoms with Crippen molar-refractivity contribution in [3.05, 3.63) is 77.9 Å². The Bertz CT molecular complexity index is 2800. The van der Waals surface area contributed by atoms with Crippen molar-refractivity contribution in [2.75, 3.05) is 60.3 Å². The summed E-state index contributed by atoms with van der Waals surface area (Å²) in [4.78, 5) is 155. The Kier molecular flexibility index (Phi) is 32.0. The number of carbonyl (C=O) groups is 11. The van der Waals surface area contributed by atoms with Crippen LogP contribution in [0.4, 0.5) is 10.5 Å². The van der Waals surface area contributed by atoms with E-state index >= 15 is 0 Å². The quantitative estimate of drug-likeness (QED) is 0.0336. The zero-order valence-electron chi connectivity index (χ0n) is 57.1. The maximum Gasteiger partial charge on any atom is 0.312 e. The zero-order chi connectivity index (χ0) is 68.5. The van der Waals surface area contributed by atoms with E-state index in [0.717, 1.165) is 10.5 Å². The van der Waals surface area contributed by atoms with E-state index in [-0.39, 0.29) is 135 Å². The summed E-state index contributed by atoms with van der Waals surface area (Å²) < 4.78 is 12.2. The number of imide groups is 1. The first-order chi connectivity index (χ1) is 43.5. The molecule has 6 N–H and O–H groups in total. The number of carbonyl (C=O) groups excluding carboxylic acids is 11. The average Bonchev–Trinajstić information content (AvgIpc) is 1.50. The van der Waals surface area contributed by atoms with Crippen LogP contribution in [0.5, 0.6) is 0 Å². The number of Topliss-reactive ketones (excluding diaryl/α,β-unsaturated/α-hetero) is 3. The number of urea groups is 1. The molecule has 1 fully saturated rings. The monoisotopic (exact) mass is 1280 g/mol. The molecule has 2 aliphatic heterocycles. The summed E-state index contributed by atoms with van der Waals surface area (Å²) in [6, 6.07) is 12.1. The van der Waals surface area contributed by atoms with Gasteiger partial charge in [0.2, 0.25) is 29.5 Å².